The molecule has 0 saturated heterocycles. The average Bonchev–Trinajstić information content (AvgIpc) is 3.70. The van der Waals surface area contributed by atoms with E-state index in [-0.39, 0.29) is 18.0 Å². The van der Waals surface area contributed by atoms with Crippen LogP contribution in [0.3, 0.4) is 0 Å². The van der Waals surface area contributed by atoms with Crippen LogP contribution in [0.25, 0.3) is 10.9 Å². The third-order valence-corrected chi connectivity index (χ3v) is 6.17. The fourth-order valence-corrected chi connectivity index (χ4v) is 4.17. The fraction of sp³-hybridized carbons (Fsp3) is 0.231. The first-order chi connectivity index (χ1) is 16.9. The highest BCUT2D eigenvalue weighted by Gasteiger charge is 2.41. The Kier molecular flexibility index (Phi) is 5.79. The smallest absolute Gasteiger partial charge is 0.257 e. The number of aromatic nitrogens is 4. The minimum Gasteiger partial charge on any atom is -0.383 e. The Morgan fingerprint density at radius 3 is 2.66 bits per heavy atom. The molecule has 174 valence electrons. The van der Waals surface area contributed by atoms with Gasteiger partial charge in [-0.2, -0.15) is 5.26 Å². The van der Waals surface area contributed by atoms with Crippen molar-refractivity contribution in [3.63, 3.8) is 0 Å². The number of pyridine rings is 2. The van der Waals surface area contributed by atoms with Crippen LogP contribution in [-0.4, -0.2) is 30.7 Å². The molecule has 8 nitrogen and oxygen atoms in total. The Bertz CT molecular complexity index is 1450. The van der Waals surface area contributed by atoms with Gasteiger partial charge in [-0.1, -0.05) is 0 Å². The zero-order valence-corrected chi connectivity index (χ0v) is 19.0. The summed E-state index contributed by atoms with van der Waals surface area (Å²) < 4.78 is 15.3. The highest BCUT2D eigenvalue weighted by molar-refractivity contribution is 5.98. The van der Waals surface area contributed by atoms with Gasteiger partial charge in [0.05, 0.1) is 34.9 Å². The molecule has 3 aromatic heterocycles. The van der Waals surface area contributed by atoms with E-state index in [0.29, 0.717) is 33.8 Å². The van der Waals surface area contributed by atoms with Gasteiger partial charge in [-0.05, 0) is 61.6 Å². The van der Waals surface area contributed by atoms with Crippen molar-refractivity contribution in [3.8, 4) is 6.07 Å². The van der Waals surface area contributed by atoms with Gasteiger partial charge in [0.2, 0.25) is 0 Å². The molecule has 1 aliphatic rings. The number of hydrogen-bond acceptors (Lipinski definition) is 7. The van der Waals surface area contributed by atoms with Crippen LogP contribution in [0, 0.1) is 30.0 Å². The lowest BCUT2D eigenvalue weighted by atomic mass is 10.0. The van der Waals surface area contributed by atoms with Crippen LogP contribution < -0.4 is 5.73 Å². The molecule has 0 radical (unpaired) electrons. The molecule has 5 rings (SSSR count). The van der Waals surface area contributed by atoms with Crippen molar-refractivity contribution in [2.45, 2.75) is 32.4 Å². The van der Waals surface area contributed by atoms with E-state index in [1.165, 1.54) is 18.3 Å². The predicted octanol–water partition coefficient (Wildman–Crippen LogP) is 4.11. The highest BCUT2D eigenvalue weighted by atomic mass is 19.1. The lowest BCUT2D eigenvalue weighted by molar-refractivity contribution is 0.0614. The van der Waals surface area contributed by atoms with Crippen molar-refractivity contribution < 1.29 is 9.18 Å². The second kappa shape index (κ2) is 9.06. The van der Waals surface area contributed by atoms with Gasteiger partial charge in [0.25, 0.3) is 5.91 Å². The Balaban J connectivity index is 1.60. The Hall–Kier alpha value is -4.45. The third kappa shape index (κ3) is 4.51. The Labute approximate surface area is 201 Å². The number of fused-ring (bicyclic) bond motifs is 1. The number of nitrogen functional groups attached to an aromatic ring is 1. The minimum atomic E-state index is -0.681. The Morgan fingerprint density at radius 1 is 1.23 bits per heavy atom. The molecule has 3 heterocycles. The number of anilines is 1. The number of aryl methyl sites for hydroxylation is 1. The Morgan fingerprint density at radius 2 is 2.00 bits per heavy atom. The predicted molar refractivity (Wildman–Crippen MR) is 127 cm³/mol. The van der Waals surface area contributed by atoms with E-state index in [1.807, 2.05) is 13.0 Å². The van der Waals surface area contributed by atoms with Gasteiger partial charge in [-0.25, -0.2) is 19.3 Å². The van der Waals surface area contributed by atoms with Crippen LogP contribution >= 0.6 is 0 Å². The van der Waals surface area contributed by atoms with Crippen LogP contribution in [0.1, 0.15) is 51.9 Å². The van der Waals surface area contributed by atoms with Crippen molar-refractivity contribution in [2.75, 3.05) is 5.73 Å². The standard InChI is InChI=1S/C26H22FN7O/c1-15-9-18-10-20(21(27)11-22(18)33-24(15)29)26(35)34(14-19-6-3-16(12-28)13-32-19)23(17-4-5-17)25-30-7-2-8-31-25/h2-3,6-11,13,17,23H,4-5,14H2,1H3,(H2,29,33). The minimum absolute atomic E-state index is 0.0707. The van der Waals surface area contributed by atoms with Crippen LogP contribution in [0.2, 0.25) is 0 Å². The van der Waals surface area contributed by atoms with Crippen molar-refractivity contribution >= 4 is 22.6 Å². The van der Waals surface area contributed by atoms with Crippen LogP contribution in [0.4, 0.5) is 10.2 Å². The molecular weight excluding hydrogens is 445 g/mol. The van der Waals surface area contributed by atoms with E-state index in [4.69, 9.17) is 11.0 Å². The average molecular weight is 468 g/mol. The van der Waals surface area contributed by atoms with Crippen molar-refractivity contribution in [3.05, 3.63) is 89.0 Å². The van der Waals surface area contributed by atoms with Gasteiger partial charge in [0.15, 0.2) is 5.82 Å². The summed E-state index contributed by atoms with van der Waals surface area (Å²) >= 11 is 0. The second-order valence-electron chi connectivity index (χ2n) is 8.69. The van der Waals surface area contributed by atoms with Crippen molar-refractivity contribution in [1.82, 2.24) is 24.8 Å². The molecule has 4 aromatic rings. The number of carbonyl (C=O) groups is 1. The molecule has 2 N–H and O–H groups in total. The largest absolute Gasteiger partial charge is 0.383 e. The second-order valence-corrected chi connectivity index (χ2v) is 8.69. The summed E-state index contributed by atoms with van der Waals surface area (Å²) in [5.41, 5.74) is 7.93. The number of carbonyl (C=O) groups excluding carboxylic acids is 1. The maximum absolute atomic E-state index is 15.3. The zero-order valence-electron chi connectivity index (χ0n) is 19.0. The van der Waals surface area contributed by atoms with Gasteiger partial charge < -0.3 is 10.6 Å². The summed E-state index contributed by atoms with van der Waals surface area (Å²) in [6.07, 6.45) is 6.55. The fourth-order valence-electron chi connectivity index (χ4n) is 4.17. The lowest BCUT2D eigenvalue weighted by Gasteiger charge is -2.31. The molecule has 1 fully saturated rings. The van der Waals surface area contributed by atoms with E-state index in [9.17, 15) is 4.79 Å². The normalized spacial score (nSPS) is 13.9. The topological polar surface area (TPSA) is 122 Å². The molecule has 0 spiro atoms. The van der Waals surface area contributed by atoms with Crippen molar-refractivity contribution in [2.24, 2.45) is 5.92 Å². The van der Waals surface area contributed by atoms with E-state index in [1.54, 1.807) is 41.6 Å². The molecule has 35 heavy (non-hydrogen) atoms. The molecule has 1 atom stereocenters. The number of halogens is 1. The number of nitriles is 1. The number of hydrogen-bond donors (Lipinski definition) is 1. The summed E-state index contributed by atoms with van der Waals surface area (Å²) in [6, 6.07) is 11.2. The number of rotatable bonds is 6. The summed E-state index contributed by atoms with van der Waals surface area (Å²) in [6.45, 7) is 1.92. The van der Waals surface area contributed by atoms with Crippen LogP contribution in [-0.2, 0) is 6.54 Å². The van der Waals surface area contributed by atoms with Gasteiger partial charge in [0.1, 0.15) is 17.7 Å². The molecule has 1 unspecified atom stereocenters. The van der Waals surface area contributed by atoms with E-state index >= 15 is 4.39 Å². The van der Waals surface area contributed by atoms with Crippen LogP contribution in [0.15, 0.2) is 55.0 Å². The van der Waals surface area contributed by atoms with E-state index < -0.39 is 17.8 Å². The van der Waals surface area contributed by atoms with Crippen LogP contribution in [0.5, 0.6) is 0 Å². The van der Waals surface area contributed by atoms with E-state index in [0.717, 1.165) is 18.4 Å². The number of nitrogens with two attached hydrogens (primary N) is 1. The number of nitrogens with zero attached hydrogens (tertiary/aromatic N) is 6. The first-order valence-electron chi connectivity index (χ1n) is 11.2. The lowest BCUT2D eigenvalue weighted by Crippen LogP contribution is -2.37. The summed E-state index contributed by atoms with van der Waals surface area (Å²) in [5, 5.41) is 9.72. The first-order valence-corrected chi connectivity index (χ1v) is 11.2. The molecule has 0 aliphatic heterocycles. The van der Waals surface area contributed by atoms with Gasteiger partial charge in [-0.3, -0.25) is 9.78 Å². The molecule has 1 saturated carbocycles. The molecule has 1 aromatic carbocycles. The van der Waals surface area contributed by atoms with Gasteiger partial charge in [-0.15, -0.1) is 0 Å². The maximum Gasteiger partial charge on any atom is 0.257 e. The number of benzene rings is 1. The van der Waals surface area contributed by atoms with Crippen molar-refractivity contribution in [1.29, 1.82) is 5.26 Å². The molecule has 1 amide bonds. The van der Waals surface area contributed by atoms with Gasteiger partial charge >= 0.3 is 0 Å². The first kappa shape index (κ1) is 22.3. The summed E-state index contributed by atoms with van der Waals surface area (Å²) in [5.74, 6) is -0.191. The molecule has 9 heteroatoms. The zero-order chi connectivity index (χ0) is 24.5. The molecule has 0 bridgehead atoms. The summed E-state index contributed by atoms with van der Waals surface area (Å²) in [4.78, 5) is 32.9. The SMILES string of the molecule is Cc1cc2cc(C(=O)N(Cc3ccc(C#N)cn3)C(c3ncccn3)C3CC3)c(F)cc2nc1N. The van der Waals surface area contributed by atoms with Gasteiger partial charge in [0, 0.05) is 30.0 Å². The number of amides is 1. The molecular formula is C26H22FN7O. The highest BCUT2D eigenvalue weighted by Crippen LogP contribution is 2.44. The summed E-state index contributed by atoms with van der Waals surface area (Å²) in [7, 11) is 0. The molecule has 1 aliphatic carbocycles. The monoisotopic (exact) mass is 467 g/mol. The maximum atomic E-state index is 15.3. The quantitative estimate of drug-likeness (QED) is 0.453. The third-order valence-electron chi connectivity index (χ3n) is 6.17. The van der Waals surface area contributed by atoms with E-state index in [2.05, 4.69) is 19.9 Å².